The van der Waals surface area contributed by atoms with Crippen molar-refractivity contribution < 1.29 is 24.2 Å². The number of carbonyl (C=O) groups excluding carboxylic acids is 2. The normalized spacial score (nSPS) is 11.6. The van der Waals surface area contributed by atoms with E-state index in [-0.39, 0.29) is 25.2 Å². The largest absolute Gasteiger partial charge is 0.480 e. The lowest BCUT2D eigenvalue weighted by molar-refractivity contribution is -0.144. The van der Waals surface area contributed by atoms with Crippen molar-refractivity contribution in [3.05, 3.63) is 0 Å². The number of carboxylic acids is 1. The van der Waals surface area contributed by atoms with Gasteiger partial charge in [0, 0.05) is 12.8 Å². The average Bonchev–Trinajstić information content (AvgIpc) is 2.22. The molecule has 0 aromatic rings. The predicted molar refractivity (Wildman–Crippen MR) is 51.1 cm³/mol. The van der Waals surface area contributed by atoms with E-state index in [0.29, 0.717) is 0 Å². The molecule has 0 fully saturated rings. The van der Waals surface area contributed by atoms with Crippen LogP contribution in [0, 0.1) is 0 Å². The second kappa shape index (κ2) is 6.80. The SMILES string of the molecule is CCC(=O)N[C@H](CCC(=O)OC)C(=O)O. The second-order valence-corrected chi connectivity index (χ2v) is 2.93. The van der Waals surface area contributed by atoms with Crippen LogP contribution < -0.4 is 5.32 Å². The predicted octanol–water partition coefficient (Wildman–Crippen LogP) is -0.0810. The fourth-order valence-corrected chi connectivity index (χ4v) is 0.918. The van der Waals surface area contributed by atoms with Gasteiger partial charge in [0.1, 0.15) is 6.04 Å². The van der Waals surface area contributed by atoms with Crippen LogP contribution in [0.5, 0.6) is 0 Å². The molecule has 0 saturated heterocycles. The van der Waals surface area contributed by atoms with E-state index in [1.807, 2.05) is 0 Å². The Balaban J connectivity index is 4.11. The number of hydrogen-bond donors (Lipinski definition) is 2. The molecule has 6 nitrogen and oxygen atoms in total. The van der Waals surface area contributed by atoms with Crippen molar-refractivity contribution in [2.24, 2.45) is 0 Å². The fraction of sp³-hybridized carbons (Fsp3) is 0.667. The number of nitrogens with one attached hydrogen (secondary N) is 1. The third-order valence-corrected chi connectivity index (χ3v) is 1.82. The average molecular weight is 217 g/mol. The summed E-state index contributed by atoms with van der Waals surface area (Å²) in [6.07, 6.45) is 0.215. The van der Waals surface area contributed by atoms with Crippen LogP contribution in [0.25, 0.3) is 0 Å². The highest BCUT2D eigenvalue weighted by molar-refractivity contribution is 5.83. The van der Waals surface area contributed by atoms with E-state index in [0.717, 1.165) is 0 Å². The van der Waals surface area contributed by atoms with Crippen LogP contribution in [0.2, 0.25) is 0 Å². The number of carboxylic acid groups (broad SMARTS) is 1. The molecule has 0 aromatic heterocycles. The summed E-state index contributed by atoms with van der Waals surface area (Å²) in [5.41, 5.74) is 0. The summed E-state index contributed by atoms with van der Waals surface area (Å²) < 4.78 is 4.37. The Bertz CT molecular complexity index is 251. The minimum Gasteiger partial charge on any atom is -0.480 e. The molecule has 0 heterocycles. The van der Waals surface area contributed by atoms with Crippen LogP contribution in [-0.2, 0) is 19.1 Å². The first-order valence-corrected chi connectivity index (χ1v) is 4.60. The van der Waals surface area contributed by atoms with Gasteiger partial charge in [0.15, 0.2) is 0 Å². The Kier molecular flexibility index (Phi) is 6.08. The molecule has 0 aliphatic heterocycles. The summed E-state index contributed by atoms with van der Waals surface area (Å²) in [5.74, 6) is -2.00. The lowest BCUT2D eigenvalue weighted by Gasteiger charge is -2.12. The van der Waals surface area contributed by atoms with Gasteiger partial charge < -0.3 is 15.2 Å². The Labute approximate surface area is 87.6 Å². The van der Waals surface area contributed by atoms with Crippen molar-refractivity contribution in [2.45, 2.75) is 32.2 Å². The van der Waals surface area contributed by atoms with Gasteiger partial charge in [-0.15, -0.1) is 0 Å². The van der Waals surface area contributed by atoms with E-state index in [4.69, 9.17) is 5.11 Å². The van der Waals surface area contributed by atoms with Gasteiger partial charge in [-0.3, -0.25) is 9.59 Å². The van der Waals surface area contributed by atoms with Crippen molar-refractivity contribution in [2.75, 3.05) is 7.11 Å². The Morgan fingerprint density at radius 1 is 1.40 bits per heavy atom. The highest BCUT2D eigenvalue weighted by atomic mass is 16.5. The number of methoxy groups -OCH3 is 1. The highest BCUT2D eigenvalue weighted by Gasteiger charge is 2.20. The quantitative estimate of drug-likeness (QED) is 0.607. The van der Waals surface area contributed by atoms with Crippen molar-refractivity contribution in [1.29, 1.82) is 0 Å². The van der Waals surface area contributed by atoms with E-state index in [9.17, 15) is 14.4 Å². The first-order chi connectivity index (χ1) is 7.01. The van der Waals surface area contributed by atoms with E-state index in [2.05, 4.69) is 10.1 Å². The molecule has 0 aliphatic carbocycles. The number of ether oxygens (including phenoxy) is 1. The molecule has 0 saturated carbocycles. The first kappa shape index (κ1) is 13.4. The maximum absolute atomic E-state index is 11.0. The van der Waals surface area contributed by atoms with E-state index >= 15 is 0 Å². The van der Waals surface area contributed by atoms with Crippen molar-refractivity contribution in [3.63, 3.8) is 0 Å². The highest BCUT2D eigenvalue weighted by Crippen LogP contribution is 2.00. The smallest absolute Gasteiger partial charge is 0.326 e. The van der Waals surface area contributed by atoms with E-state index < -0.39 is 18.0 Å². The zero-order valence-corrected chi connectivity index (χ0v) is 8.78. The van der Waals surface area contributed by atoms with Crippen LogP contribution in [0.15, 0.2) is 0 Å². The van der Waals surface area contributed by atoms with Crippen LogP contribution >= 0.6 is 0 Å². The first-order valence-electron chi connectivity index (χ1n) is 4.60. The molecule has 0 radical (unpaired) electrons. The maximum Gasteiger partial charge on any atom is 0.326 e. The summed E-state index contributed by atoms with van der Waals surface area (Å²) in [6.45, 7) is 1.62. The molecule has 0 bridgehead atoms. The minimum absolute atomic E-state index is 0.0303. The second-order valence-electron chi connectivity index (χ2n) is 2.93. The number of esters is 1. The van der Waals surface area contributed by atoms with Gasteiger partial charge in [0.25, 0.3) is 0 Å². The Morgan fingerprint density at radius 3 is 2.40 bits per heavy atom. The molecule has 0 spiro atoms. The van der Waals surface area contributed by atoms with Gasteiger partial charge in [-0.25, -0.2) is 4.79 Å². The van der Waals surface area contributed by atoms with Gasteiger partial charge in [-0.05, 0) is 6.42 Å². The molecule has 0 rings (SSSR count). The fourth-order valence-electron chi connectivity index (χ4n) is 0.918. The molecule has 0 unspecified atom stereocenters. The molecule has 1 amide bonds. The Morgan fingerprint density at radius 2 is 2.00 bits per heavy atom. The summed E-state index contributed by atoms with van der Waals surface area (Å²) in [7, 11) is 1.22. The molecular weight excluding hydrogens is 202 g/mol. The monoisotopic (exact) mass is 217 g/mol. The molecule has 0 aliphatic rings. The summed E-state index contributed by atoms with van der Waals surface area (Å²) >= 11 is 0. The van der Waals surface area contributed by atoms with Gasteiger partial charge in [-0.2, -0.15) is 0 Å². The minimum atomic E-state index is -1.15. The standard InChI is InChI=1S/C9H15NO5/c1-3-7(11)10-6(9(13)14)4-5-8(12)15-2/h6H,3-5H2,1-2H3,(H,10,11)(H,13,14)/t6-/m1/s1. The number of amides is 1. The van der Waals surface area contributed by atoms with Crippen LogP contribution in [0.4, 0.5) is 0 Å². The lowest BCUT2D eigenvalue weighted by atomic mass is 10.1. The molecule has 15 heavy (non-hydrogen) atoms. The topological polar surface area (TPSA) is 92.7 Å². The molecule has 0 aromatic carbocycles. The zero-order chi connectivity index (χ0) is 11.8. The van der Waals surface area contributed by atoms with E-state index in [1.165, 1.54) is 7.11 Å². The van der Waals surface area contributed by atoms with Gasteiger partial charge in [-0.1, -0.05) is 6.92 Å². The summed E-state index contributed by atoms with van der Waals surface area (Å²) in [6, 6.07) is -1.03. The molecule has 86 valence electrons. The van der Waals surface area contributed by atoms with Crippen molar-refractivity contribution in [1.82, 2.24) is 5.32 Å². The number of hydrogen-bond acceptors (Lipinski definition) is 4. The molecular formula is C9H15NO5. The maximum atomic E-state index is 11.0. The third-order valence-electron chi connectivity index (χ3n) is 1.82. The van der Waals surface area contributed by atoms with Crippen molar-refractivity contribution >= 4 is 17.8 Å². The van der Waals surface area contributed by atoms with Gasteiger partial charge >= 0.3 is 11.9 Å². The van der Waals surface area contributed by atoms with Gasteiger partial charge in [0.05, 0.1) is 7.11 Å². The number of carbonyl (C=O) groups is 3. The van der Waals surface area contributed by atoms with Crippen molar-refractivity contribution in [3.8, 4) is 0 Å². The van der Waals surface area contributed by atoms with E-state index in [1.54, 1.807) is 6.92 Å². The Hall–Kier alpha value is -1.59. The molecule has 6 heteroatoms. The zero-order valence-electron chi connectivity index (χ0n) is 8.78. The molecule has 2 N–H and O–H groups in total. The molecule has 1 atom stereocenters. The number of aliphatic carboxylic acids is 1. The third kappa shape index (κ3) is 5.66. The van der Waals surface area contributed by atoms with Crippen LogP contribution in [0.1, 0.15) is 26.2 Å². The van der Waals surface area contributed by atoms with Gasteiger partial charge in [0.2, 0.25) is 5.91 Å². The van der Waals surface area contributed by atoms with Crippen LogP contribution in [0.3, 0.4) is 0 Å². The lowest BCUT2D eigenvalue weighted by Crippen LogP contribution is -2.40. The summed E-state index contributed by atoms with van der Waals surface area (Å²) in [5, 5.41) is 11.0. The summed E-state index contributed by atoms with van der Waals surface area (Å²) in [4.78, 5) is 32.4. The number of rotatable bonds is 6. The van der Waals surface area contributed by atoms with Crippen LogP contribution in [-0.4, -0.2) is 36.1 Å².